The van der Waals surface area contributed by atoms with Crippen LogP contribution in [0, 0.1) is 23.7 Å². The summed E-state index contributed by atoms with van der Waals surface area (Å²) in [5.74, 6) is 0.203. The molecular weight excluding hydrogens is 408 g/mol. The van der Waals surface area contributed by atoms with E-state index in [1.165, 1.54) is 14.2 Å². The predicted molar refractivity (Wildman–Crippen MR) is 122 cm³/mol. The van der Waals surface area contributed by atoms with Crippen LogP contribution in [-0.4, -0.2) is 37.7 Å². The van der Waals surface area contributed by atoms with Gasteiger partial charge in [-0.05, 0) is 63.2 Å². The summed E-state index contributed by atoms with van der Waals surface area (Å²) < 4.78 is 9.49. The Morgan fingerprint density at radius 1 is 0.750 bits per heavy atom. The molecule has 2 fully saturated rings. The quantitative estimate of drug-likeness (QED) is 0.230. The van der Waals surface area contributed by atoms with Gasteiger partial charge in [0.1, 0.15) is 11.6 Å². The molecule has 0 aliphatic heterocycles. The maximum absolute atomic E-state index is 12.1. The number of methoxy groups -OCH3 is 2. The molecule has 0 amide bonds. The number of ketones is 2. The van der Waals surface area contributed by atoms with Crippen LogP contribution in [-0.2, 0) is 28.7 Å². The van der Waals surface area contributed by atoms with Gasteiger partial charge in [-0.1, -0.05) is 24.3 Å². The summed E-state index contributed by atoms with van der Waals surface area (Å²) in [6.45, 7) is 0. The fraction of sp³-hybridized carbons (Fsp3) is 0.692. The zero-order chi connectivity index (χ0) is 23.3. The van der Waals surface area contributed by atoms with Crippen molar-refractivity contribution in [2.24, 2.45) is 23.7 Å². The highest BCUT2D eigenvalue weighted by atomic mass is 16.5. The van der Waals surface area contributed by atoms with Gasteiger partial charge in [0.25, 0.3) is 0 Å². The maximum atomic E-state index is 12.1. The Bertz CT molecular complexity index is 647. The normalized spacial score (nSPS) is 25.8. The summed E-state index contributed by atoms with van der Waals surface area (Å²) in [4.78, 5) is 47.2. The fourth-order valence-corrected chi connectivity index (χ4v) is 4.93. The first-order valence-corrected chi connectivity index (χ1v) is 11.9. The second-order valence-corrected chi connectivity index (χ2v) is 9.00. The van der Waals surface area contributed by atoms with E-state index in [2.05, 4.69) is 24.3 Å². The van der Waals surface area contributed by atoms with Crippen molar-refractivity contribution in [3.05, 3.63) is 24.3 Å². The summed E-state index contributed by atoms with van der Waals surface area (Å²) >= 11 is 0. The Balaban J connectivity index is 1.59. The first-order chi connectivity index (χ1) is 15.5. The summed E-state index contributed by atoms with van der Waals surface area (Å²) in [5, 5.41) is 0. The van der Waals surface area contributed by atoms with E-state index in [-0.39, 0.29) is 47.2 Å². The first kappa shape index (κ1) is 26.0. The third-order valence-electron chi connectivity index (χ3n) is 6.91. The number of Topliss-reactive ketones (excluding diaryl/α,β-unsaturated/α-hetero) is 2. The standard InChI is InChI=1S/C26H38O6/c1-31-25(29)17-19-13-15-23(27)21(19)11-9-7-5-3-4-6-8-10-12-22-20(14-16-24(22)28)18-26(30)32-2/h7-10,19-22H,3-6,11-18H2,1-2H3/b9-7-,10-8-/t19-,20-,21-,22-/m1/s1. The summed E-state index contributed by atoms with van der Waals surface area (Å²) in [6, 6.07) is 0. The van der Waals surface area contributed by atoms with E-state index < -0.39 is 0 Å². The molecule has 0 saturated heterocycles. The summed E-state index contributed by atoms with van der Waals surface area (Å²) in [6.07, 6.45) is 17.3. The van der Waals surface area contributed by atoms with Crippen molar-refractivity contribution in [2.45, 2.75) is 77.0 Å². The van der Waals surface area contributed by atoms with Gasteiger partial charge in [-0.15, -0.1) is 0 Å². The van der Waals surface area contributed by atoms with Crippen molar-refractivity contribution in [3.8, 4) is 0 Å². The molecule has 2 aliphatic carbocycles. The highest BCUT2D eigenvalue weighted by molar-refractivity contribution is 5.85. The van der Waals surface area contributed by atoms with Crippen molar-refractivity contribution in [1.29, 1.82) is 0 Å². The lowest BCUT2D eigenvalue weighted by atomic mass is 9.89. The number of ether oxygens (including phenoxy) is 2. The Labute approximate surface area is 191 Å². The topological polar surface area (TPSA) is 86.7 Å². The monoisotopic (exact) mass is 446 g/mol. The average molecular weight is 447 g/mol. The lowest BCUT2D eigenvalue weighted by Gasteiger charge is -2.15. The van der Waals surface area contributed by atoms with E-state index in [1.807, 2.05) is 0 Å². The lowest BCUT2D eigenvalue weighted by molar-refractivity contribution is -0.143. The molecule has 0 unspecified atom stereocenters. The van der Waals surface area contributed by atoms with Crippen molar-refractivity contribution in [3.63, 3.8) is 0 Å². The molecule has 0 aromatic rings. The van der Waals surface area contributed by atoms with E-state index in [0.717, 1.165) is 38.5 Å². The number of carbonyl (C=O) groups is 4. The third-order valence-corrected chi connectivity index (χ3v) is 6.91. The molecule has 0 heterocycles. The van der Waals surface area contributed by atoms with E-state index in [9.17, 15) is 19.2 Å². The Morgan fingerprint density at radius 2 is 1.16 bits per heavy atom. The largest absolute Gasteiger partial charge is 0.469 e. The van der Waals surface area contributed by atoms with Gasteiger partial charge in [-0.25, -0.2) is 0 Å². The van der Waals surface area contributed by atoms with E-state index in [4.69, 9.17) is 9.47 Å². The van der Waals surface area contributed by atoms with Gasteiger partial charge in [-0.3, -0.25) is 19.2 Å². The van der Waals surface area contributed by atoms with Crippen LogP contribution in [0.4, 0.5) is 0 Å². The number of hydrogen-bond acceptors (Lipinski definition) is 6. The third kappa shape index (κ3) is 8.36. The lowest BCUT2D eigenvalue weighted by Crippen LogP contribution is -2.18. The van der Waals surface area contributed by atoms with E-state index in [0.29, 0.717) is 38.5 Å². The molecular formula is C26H38O6. The van der Waals surface area contributed by atoms with Gasteiger partial charge in [0.2, 0.25) is 0 Å². The number of rotatable bonds is 13. The van der Waals surface area contributed by atoms with Gasteiger partial charge in [-0.2, -0.15) is 0 Å². The van der Waals surface area contributed by atoms with Crippen LogP contribution in [0.25, 0.3) is 0 Å². The zero-order valence-electron chi connectivity index (χ0n) is 19.6. The van der Waals surface area contributed by atoms with Crippen molar-refractivity contribution < 1.29 is 28.7 Å². The van der Waals surface area contributed by atoms with Gasteiger partial charge in [0, 0.05) is 37.5 Å². The Morgan fingerprint density at radius 3 is 1.53 bits per heavy atom. The van der Waals surface area contributed by atoms with E-state index in [1.54, 1.807) is 0 Å². The molecule has 0 spiro atoms. The minimum atomic E-state index is -0.233. The number of allylic oxidation sites excluding steroid dienone is 4. The van der Waals surface area contributed by atoms with Gasteiger partial charge < -0.3 is 9.47 Å². The smallest absolute Gasteiger partial charge is 0.305 e. The molecule has 2 aliphatic rings. The minimum absolute atomic E-state index is 0.0467. The first-order valence-electron chi connectivity index (χ1n) is 11.9. The van der Waals surface area contributed by atoms with Gasteiger partial charge in [0.15, 0.2) is 0 Å². The van der Waals surface area contributed by atoms with Crippen LogP contribution in [0.1, 0.15) is 77.0 Å². The van der Waals surface area contributed by atoms with Crippen molar-refractivity contribution >= 4 is 23.5 Å². The van der Waals surface area contributed by atoms with Crippen LogP contribution >= 0.6 is 0 Å². The van der Waals surface area contributed by atoms with E-state index >= 15 is 0 Å². The molecule has 2 saturated carbocycles. The summed E-state index contributed by atoms with van der Waals surface area (Å²) in [7, 11) is 2.78. The molecule has 6 heteroatoms. The number of esters is 2. The molecule has 4 atom stereocenters. The SMILES string of the molecule is COC(=O)C[C@H]1CCC(=O)[C@@H]1C/C=C\CCCC/C=C\C[C@H]1C(=O)CC[C@@H]1CC(=O)OC. The van der Waals surface area contributed by atoms with Crippen LogP contribution < -0.4 is 0 Å². The predicted octanol–water partition coefficient (Wildman–Crippen LogP) is 4.76. The van der Waals surface area contributed by atoms with Crippen molar-refractivity contribution in [2.75, 3.05) is 14.2 Å². The Hall–Kier alpha value is -2.24. The number of unbranched alkanes of at least 4 members (excludes halogenated alkanes) is 3. The number of carbonyl (C=O) groups excluding carboxylic acids is 4. The second kappa shape index (κ2) is 14.0. The Kier molecular flexibility index (Phi) is 11.4. The molecule has 178 valence electrons. The highest BCUT2D eigenvalue weighted by Crippen LogP contribution is 2.35. The van der Waals surface area contributed by atoms with Crippen LogP contribution in [0.2, 0.25) is 0 Å². The molecule has 6 nitrogen and oxygen atoms in total. The number of hydrogen-bond donors (Lipinski definition) is 0. The highest BCUT2D eigenvalue weighted by Gasteiger charge is 2.35. The molecule has 0 radical (unpaired) electrons. The molecule has 2 rings (SSSR count). The molecule has 0 N–H and O–H groups in total. The van der Waals surface area contributed by atoms with Crippen LogP contribution in [0.3, 0.4) is 0 Å². The molecule has 0 aromatic heterocycles. The fourth-order valence-electron chi connectivity index (χ4n) is 4.93. The van der Waals surface area contributed by atoms with Crippen molar-refractivity contribution in [1.82, 2.24) is 0 Å². The minimum Gasteiger partial charge on any atom is -0.469 e. The zero-order valence-corrected chi connectivity index (χ0v) is 19.6. The molecule has 0 aromatic carbocycles. The summed E-state index contributed by atoms with van der Waals surface area (Å²) in [5.41, 5.74) is 0. The van der Waals surface area contributed by atoms with Crippen LogP contribution in [0.15, 0.2) is 24.3 Å². The average Bonchev–Trinajstić information content (AvgIpc) is 3.31. The molecule has 32 heavy (non-hydrogen) atoms. The van der Waals surface area contributed by atoms with Gasteiger partial charge in [0.05, 0.1) is 14.2 Å². The van der Waals surface area contributed by atoms with Gasteiger partial charge >= 0.3 is 11.9 Å². The maximum Gasteiger partial charge on any atom is 0.305 e. The van der Waals surface area contributed by atoms with Crippen LogP contribution in [0.5, 0.6) is 0 Å². The molecule has 0 bridgehead atoms. The second-order valence-electron chi connectivity index (χ2n) is 9.00.